The summed E-state index contributed by atoms with van der Waals surface area (Å²) < 4.78 is 2.09. The number of anilines is 1. The average Bonchev–Trinajstić information content (AvgIpc) is 2.91. The maximum atomic E-state index is 6.41. The first kappa shape index (κ1) is 17.5. The largest absolute Gasteiger partial charge is 0.369 e. The normalized spacial score (nSPS) is 11.4. The number of thioether (sulfide) groups is 1. The minimum atomic E-state index is 0.555. The van der Waals surface area contributed by atoms with Crippen LogP contribution in [-0.4, -0.2) is 22.2 Å². The minimum absolute atomic E-state index is 0.555. The summed E-state index contributed by atoms with van der Waals surface area (Å²) in [6.45, 7) is 5.27. The molecular formula is C18H19Cl2N3S. The molecule has 0 amide bonds. The third-order valence-corrected chi connectivity index (χ3v) is 4.93. The molecule has 24 heavy (non-hydrogen) atoms. The quantitative estimate of drug-likeness (QED) is 0.543. The van der Waals surface area contributed by atoms with E-state index in [1.165, 1.54) is 0 Å². The number of aromatic nitrogens is 2. The lowest BCUT2D eigenvalue weighted by Crippen LogP contribution is -2.10. The van der Waals surface area contributed by atoms with E-state index in [0.717, 1.165) is 34.2 Å². The Morgan fingerprint density at radius 3 is 2.67 bits per heavy atom. The molecule has 2 aromatic heterocycles. The third-order valence-electron chi connectivity index (χ3n) is 3.71. The van der Waals surface area contributed by atoms with Crippen molar-refractivity contribution in [3.8, 4) is 11.1 Å². The number of hydrogen-bond donors (Lipinski definition) is 1. The maximum Gasteiger partial charge on any atom is 0.147 e. The van der Waals surface area contributed by atoms with Crippen molar-refractivity contribution < 1.29 is 0 Å². The molecule has 6 heteroatoms. The Bertz CT molecular complexity index is 874. The van der Waals surface area contributed by atoms with Crippen molar-refractivity contribution in [3.63, 3.8) is 0 Å². The van der Waals surface area contributed by atoms with Gasteiger partial charge in [0.1, 0.15) is 16.5 Å². The number of fused-ring (bicyclic) bond motifs is 1. The molecule has 3 nitrogen and oxygen atoms in total. The van der Waals surface area contributed by atoms with Gasteiger partial charge < -0.3 is 5.32 Å². The summed E-state index contributed by atoms with van der Waals surface area (Å²) in [4.78, 5) is 4.82. The van der Waals surface area contributed by atoms with Gasteiger partial charge in [-0.1, -0.05) is 43.1 Å². The predicted octanol–water partition coefficient (Wildman–Crippen LogP) is 6.10. The van der Waals surface area contributed by atoms with E-state index in [9.17, 15) is 0 Å². The molecule has 0 atom stereocenters. The molecular weight excluding hydrogens is 361 g/mol. The van der Waals surface area contributed by atoms with Gasteiger partial charge in [0, 0.05) is 28.9 Å². The first-order valence-corrected chi connectivity index (χ1v) is 9.73. The van der Waals surface area contributed by atoms with Gasteiger partial charge in [0.15, 0.2) is 0 Å². The van der Waals surface area contributed by atoms with Gasteiger partial charge >= 0.3 is 0 Å². The van der Waals surface area contributed by atoms with Crippen molar-refractivity contribution in [2.75, 3.05) is 18.1 Å². The van der Waals surface area contributed by atoms with Crippen LogP contribution in [0.4, 0.5) is 5.82 Å². The molecule has 3 rings (SSSR count). The van der Waals surface area contributed by atoms with Gasteiger partial charge in [-0.15, -0.1) is 11.8 Å². The summed E-state index contributed by atoms with van der Waals surface area (Å²) in [5, 5.41) is 5.75. The van der Waals surface area contributed by atoms with Crippen LogP contribution in [0.15, 0.2) is 41.6 Å². The highest BCUT2D eigenvalue weighted by molar-refractivity contribution is 7.98. The third kappa shape index (κ3) is 3.37. The predicted molar refractivity (Wildman–Crippen MR) is 106 cm³/mol. The monoisotopic (exact) mass is 379 g/mol. The van der Waals surface area contributed by atoms with Gasteiger partial charge in [0.05, 0.1) is 5.02 Å². The van der Waals surface area contributed by atoms with Crippen LogP contribution >= 0.6 is 35.0 Å². The zero-order valence-corrected chi connectivity index (χ0v) is 16.1. The average molecular weight is 380 g/mol. The molecule has 0 aliphatic carbocycles. The van der Waals surface area contributed by atoms with Crippen molar-refractivity contribution in [1.82, 2.24) is 9.38 Å². The second-order valence-electron chi connectivity index (χ2n) is 5.98. The SMILES string of the molecule is CSc1nc2c(-c3ccc(Cl)cc3Cl)cccn2c1NCC(C)C. The molecule has 0 saturated heterocycles. The molecule has 0 unspecified atom stereocenters. The summed E-state index contributed by atoms with van der Waals surface area (Å²) in [7, 11) is 0. The number of imidazole rings is 1. The van der Waals surface area contributed by atoms with E-state index in [2.05, 4.69) is 23.6 Å². The first-order valence-electron chi connectivity index (χ1n) is 7.75. The summed E-state index contributed by atoms with van der Waals surface area (Å²) in [5.41, 5.74) is 2.81. The van der Waals surface area contributed by atoms with E-state index in [1.54, 1.807) is 17.8 Å². The topological polar surface area (TPSA) is 29.3 Å². The Morgan fingerprint density at radius 1 is 1.21 bits per heavy atom. The lowest BCUT2D eigenvalue weighted by Gasteiger charge is -2.11. The molecule has 0 spiro atoms. The Labute approximate surface area is 156 Å². The smallest absolute Gasteiger partial charge is 0.147 e. The molecule has 3 aromatic rings. The van der Waals surface area contributed by atoms with Crippen LogP contribution in [0.1, 0.15) is 13.8 Å². The van der Waals surface area contributed by atoms with Gasteiger partial charge in [0.25, 0.3) is 0 Å². The van der Waals surface area contributed by atoms with Gasteiger partial charge in [-0.05, 0) is 36.4 Å². The van der Waals surface area contributed by atoms with Crippen molar-refractivity contribution in [2.45, 2.75) is 18.9 Å². The molecule has 126 valence electrons. The fourth-order valence-corrected chi connectivity index (χ4v) is 3.62. The van der Waals surface area contributed by atoms with Gasteiger partial charge in [-0.2, -0.15) is 0 Å². The Balaban J connectivity index is 2.17. The van der Waals surface area contributed by atoms with Crippen LogP contribution in [0.3, 0.4) is 0 Å². The molecule has 0 aliphatic rings. The summed E-state index contributed by atoms with van der Waals surface area (Å²) >= 11 is 14.1. The van der Waals surface area contributed by atoms with Crippen LogP contribution in [0.2, 0.25) is 10.0 Å². The number of hydrogen-bond acceptors (Lipinski definition) is 3. The van der Waals surface area contributed by atoms with E-state index in [-0.39, 0.29) is 0 Å². The van der Waals surface area contributed by atoms with E-state index in [0.29, 0.717) is 16.0 Å². The zero-order valence-electron chi connectivity index (χ0n) is 13.8. The number of halogens is 2. The van der Waals surface area contributed by atoms with Crippen LogP contribution in [0.25, 0.3) is 16.8 Å². The molecule has 0 saturated carbocycles. The fourth-order valence-electron chi connectivity index (χ4n) is 2.57. The van der Waals surface area contributed by atoms with E-state index < -0.39 is 0 Å². The number of benzene rings is 1. The van der Waals surface area contributed by atoms with Gasteiger partial charge in [0.2, 0.25) is 0 Å². The van der Waals surface area contributed by atoms with E-state index >= 15 is 0 Å². The second kappa shape index (κ2) is 7.26. The van der Waals surface area contributed by atoms with Crippen molar-refractivity contribution >= 4 is 46.4 Å². The van der Waals surface area contributed by atoms with Gasteiger partial charge in [-0.25, -0.2) is 4.98 Å². The molecule has 1 N–H and O–H groups in total. The minimum Gasteiger partial charge on any atom is -0.369 e. The van der Waals surface area contributed by atoms with Crippen LogP contribution in [-0.2, 0) is 0 Å². The molecule has 0 aliphatic heterocycles. The second-order valence-corrected chi connectivity index (χ2v) is 7.62. The van der Waals surface area contributed by atoms with Crippen molar-refractivity contribution in [2.24, 2.45) is 5.92 Å². The van der Waals surface area contributed by atoms with Gasteiger partial charge in [-0.3, -0.25) is 4.40 Å². The molecule has 0 bridgehead atoms. The molecule has 1 aromatic carbocycles. The molecule has 2 heterocycles. The lowest BCUT2D eigenvalue weighted by atomic mass is 10.1. The summed E-state index contributed by atoms with van der Waals surface area (Å²) in [6.07, 6.45) is 4.06. The molecule has 0 radical (unpaired) electrons. The Morgan fingerprint density at radius 2 is 2.00 bits per heavy atom. The van der Waals surface area contributed by atoms with E-state index in [4.69, 9.17) is 28.2 Å². The molecule has 0 fully saturated rings. The van der Waals surface area contributed by atoms with E-state index in [1.807, 2.05) is 36.7 Å². The maximum absolute atomic E-state index is 6.41. The number of pyridine rings is 1. The fraction of sp³-hybridized carbons (Fsp3) is 0.278. The lowest BCUT2D eigenvalue weighted by molar-refractivity contribution is 0.685. The highest BCUT2D eigenvalue weighted by Gasteiger charge is 2.16. The summed E-state index contributed by atoms with van der Waals surface area (Å²) in [6, 6.07) is 9.60. The zero-order chi connectivity index (χ0) is 17.3. The van der Waals surface area contributed by atoms with Crippen molar-refractivity contribution in [3.05, 3.63) is 46.6 Å². The van der Waals surface area contributed by atoms with Crippen LogP contribution in [0, 0.1) is 5.92 Å². The Hall–Kier alpha value is -1.36. The Kier molecular flexibility index (Phi) is 5.28. The highest BCUT2D eigenvalue weighted by atomic mass is 35.5. The van der Waals surface area contributed by atoms with Crippen LogP contribution < -0.4 is 5.32 Å². The summed E-state index contributed by atoms with van der Waals surface area (Å²) in [5.74, 6) is 1.58. The highest BCUT2D eigenvalue weighted by Crippen LogP contribution is 2.35. The number of rotatable bonds is 5. The van der Waals surface area contributed by atoms with Crippen molar-refractivity contribution in [1.29, 1.82) is 0 Å². The number of nitrogens with one attached hydrogen (secondary N) is 1. The first-order chi connectivity index (χ1) is 11.5. The number of nitrogens with zero attached hydrogens (tertiary/aromatic N) is 2. The standard InChI is InChI=1S/C18H19Cl2N3S/c1-11(2)10-21-17-18(24-3)22-16-14(5-4-8-23(16)17)13-7-6-12(19)9-15(13)20/h4-9,11,21H,10H2,1-3H3. The van der Waals surface area contributed by atoms with Crippen LogP contribution in [0.5, 0.6) is 0 Å².